The Hall–Kier alpha value is -7.04. The molecule has 3 heterocycles. The average molecular weight is 725 g/mol. The van der Waals surface area contributed by atoms with Crippen LogP contribution in [0, 0.1) is 0 Å². The lowest BCUT2D eigenvalue weighted by Crippen LogP contribution is -2.19. The number of benzene rings is 7. The predicted octanol–water partition coefficient (Wildman–Crippen LogP) is 13.1. The van der Waals surface area contributed by atoms with E-state index in [0.29, 0.717) is 5.52 Å². The van der Waals surface area contributed by atoms with Gasteiger partial charge in [-0.1, -0.05) is 129 Å². The molecule has 7 aromatic carbocycles. The average Bonchev–Trinajstić information content (AvgIpc) is 3.84. The van der Waals surface area contributed by atoms with Gasteiger partial charge in [0.15, 0.2) is 17.4 Å². The van der Waals surface area contributed by atoms with E-state index < -0.39 is 12.4 Å². The fraction of sp³-hybridized carbons (Fsp3) is 0.0769. The third kappa shape index (κ3) is 5.53. The van der Waals surface area contributed by atoms with Crippen molar-refractivity contribution < 1.29 is 4.11 Å². The van der Waals surface area contributed by atoms with Crippen LogP contribution < -0.4 is 0 Å². The maximum atomic E-state index is 8.19. The van der Waals surface area contributed by atoms with Crippen molar-refractivity contribution in [2.24, 2.45) is 6.98 Å². The van der Waals surface area contributed by atoms with Crippen LogP contribution in [-0.4, -0.2) is 18.7 Å². The van der Waals surface area contributed by atoms with E-state index in [1.54, 1.807) is 6.33 Å². The van der Waals surface area contributed by atoms with Gasteiger partial charge in [-0.25, -0.2) is 9.55 Å². The first-order valence-corrected chi connectivity index (χ1v) is 19.0. The molecule has 0 aliphatic rings. The molecule has 0 saturated heterocycles. The lowest BCUT2D eigenvalue weighted by atomic mass is 9.77. The molecule has 10 rings (SSSR count). The lowest BCUT2D eigenvalue weighted by molar-refractivity contribution is 0.641. The fourth-order valence-corrected chi connectivity index (χ4v) is 8.41. The molecule has 3 aromatic heterocycles. The molecule has 4 heteroatoms. The molecule has 0 radical (unpaired) electrons. The van der Waals surface area contributed by atoms with Crippen LogP contribution >= 0.6 is 0 Å². The van der Waals surface area contributed by atoms with Gasteiger partial charge in [0.25, 0.3) is 0 Å². The third-order valence-electron chi connectivity index (χ3n) is 11.4. The SMILES string of the molecule is [2H]C([2H])([2H])n1[cH+]n(-c2cccc(C(C)(C)c3ccc4c5ccccc5n(-c5cc(-c6c(-c7ccccc7)cccc6-c6ccccc6)ccn5)c4c3)c2)c2ccccc21. The first kappa shape index (κ1) is 30.3. The standard InChI is InChI=1S/C52H41N4/c1-52(2,39-20-14-21-41(33-39)55-35-54(3)47-26-12-13-27-48(47)55)40-28-29-45-44-22-10-11-25-46(44)56(49(45)34-40)50-32-38(30-31-53-50)51-42(36-16-6-4-7-17-36)23-15-24-43(51)37-18-8-5-9-19-37/h4-35H,1-3H3/q+1/i3D3. The molecule has 56 heavy (non-hydrogen) atoms. The molecule has 0 atom stereocenters. The van der Waals surface area contributed by atoms with Crippen molar-refractivity contribution in [2.75, 3.05) is 0 Å². The van der Waals surface area contributed by atoms with Gasteiger partial charge >= 0.3 is 0 Å². The highest BCUT2D eigenvalue weighted by Crippen LogP contribution is 2.42. The minimum absolute atomic E-state index is 0.414. The smallest absolute Gasteiger partial charge is 0.191 e. The van der Waals surface area contributed by atoms with E-state index >= 15 is 0 Å². The van der Waals surface area contributed by atoms with Crippen molar-refractivity contribution in [3.63, 3.8) is 0 Å². The number of hydrogen-bond acceptors (Lipinski definition) is 1. The molecule has 0 saturated carbocycles. The molecule has 0 bridgehead atoms. The molecule has 0 amide bonds. The number of pyridine rings is 1. The maximum Gasteiger partial charge on any atom is 0.191 e. The van der Waals surface area contributed by atoms with Crippen LogP contribution in [0.15, 0.2) is 195 Å². The number of nitrogens with zero attached hydrogens (tertiary/aromatic N) is 4. The fourth-order valence-electron chi connectivity index (χ4n) is 8.41. The van der Waals surface area contributed by atoms with Gasteiger partial charge in [0.05, 0.1) is 11.0 Å². The summed E-state index contributed by atoms with van der Waals surface area (Å²) in [5.74, 6) is 0.842. The van der Waals surface area contributed by atoms with Gasteiger partial charge < -0.3 is 0 Å². The Morgan fingerprint density at radius 1 is 0.518 bits per heavy atom. The van der Waals surface area contributed by atoms with Gasteiger partial charge in [0.2, 0.25) is 0 Å². The first-order valence-electron chi connectivity index (χ1n) is 20.5. The van der Waals surface area contributed by atoms with Crippen molar-refractivity contribution in [3.8, 4) is 44.9 Å². The number of para-hydroxylation sites is 3. The second-order valence-electron chi connectivity index (χ2n) is 15.0. The van der Waals surface area contributed by atoms with Crippen molar-refractivity contribution in [1.82, 2.24) is 18.7 Å². The van der Waals surface area contributed by atoms with Gasteiger partial charge in [-0.05, 0) is 87.0 Å². The Bertz CT molecular complexity index is 3120. The number of aryl methyl sites for hydroxylation is 1. The quantitative estimate of drug-likeness (QED) is 0.150. The molecule has 0 unspecified atom stereocenters. The predicted molar refractivity (Wildman–Crippen MR) is 234 cm³/mol. The number of aromatic nitrogens is 4. The van der Waals surface area contributed by atoms with Gasteiger partial charge in [-0.2, -0.15) is 4.57 Å². The minimum atomic E-state index is -2.31. The van der Waals surface area contributed by atoms with E-state index in [9.17, 15) is 0 Å². The molecule has 0 fully saturated rings. The molecule has 0 N–H and O–H groups in total. The van der Waals surface area contributed by atoms with Crippen molar-refractivity contribution in [1.29, 1.82) is 0 Å². The zero-order valence-corrected chi connectivity index (χ0v) is 31.3. The zero-order chi connectivity index (χ0) is 40.3. The Kier molecular flexibility index (Phi) is 7.23. The third-order valence-corrected chi connectivity index (χ3v) is 11.4. The topological polar surface area (TPSA) is 27.7 Å². The van der Waals surface area contributed by atoms with Gasteiger partial charge in [-0.3, -0.25) is 4.57 Å². The molecular weight excluding hydrogens is 681 g/mol. The first-order chi connectivity index (χ1) is 28.7. The van der Waals surface area contributed by atoms with E-state index in [1.807, 2.05) is 41.1 Å². The number of fused-ring (bicyclic) bond motifs is 4. The number of imidazole rings is 1. The monoisotopic (exact) mass is 724 g/mol. The molecule has 0 aliphatic carbocycles. The molecule has 10 aromatic rings. The van der Waals surface area contributed by atoms with Crippen LogP contribution in [0.25, 0.3) is 77.7 Å². The van der Waals surface area contributed by atoms with Crippen LogP contribution in [0.4, 0.5) is 0 Å². The molecule has 4 nitrogen and oxygen atoms in total. The van der Waals surface area contributed by atoms with Crippen molar-refractivity contribution in [2.45, 2.75) is 19.3 Å². The van der Waals surface area contributed by atoms with E-state index in [4.69, 9.17) is 9.10 Å². The Labute approximate surface area is 331 Å². The van der Waals surface area contributed by atoms with Crippen LogP contribution in [0.2, 0.25) is 0 Å². The van der Waals surface area contributed by atoms with E-state index in [0.717, 1.165) is 72.2 Å². The van der Waals surface area contributed by atoms with Crippen LogP contribution in [0.5, 0.6) is 0 Å². The number of rotatable bonds is 7. The summed E-state index contributed by atoms with van der Waals surface area (Å²) in [4.78, 5) is 5.07. The van der Waals surface area contributed by atoms with E-state index in [-0.39, 0.29) is 0 Å². The summed E-state index contributed by atoms with van der Waals surface area (Å²) in [6, 6.07) is 63.6. The van der Waals surface area contributed by atoms with Gasteiger partial charge in [0, 0.05) is 57.7 Å². The minimum Gasteiger partial charge on any atom is -0.294 e. The maximum absolute atomic E-state index is 8.19. The zero-order valence-electron chi connectivity index (χ0n) is 34.3. The summed E-state index contributed by atoms with van der Waals surface area (Å²) in [7, 11) is 0. The Balaban J connectivity index is 1.13. The van der Waals surface area contributed by atoms with E-state index in [2.05, 4.69) is 170 Å². The molecular formula is C52H41N4+. The number of hydrogen-bond donors (Lipinski definition) is 0. The largest absolute Gasteiger partial charge is 0.294 e. The highest BCUT2D eigenvalue weighted by Gasteiger charge is 2.27. The summed E-state index contributed by atoms with van der Waals surface area (Å²) in [6.45, 7) is 2.20. The summed E-state index contributed by atoms with van der Waals surface area (Å²) in [6.07, 6.45) is 3.62. The van der Waals surface area contributed by atoms with Gasteiger partial charge in [-0.15, -0.1) is 0 Å². The second-order valence-corrected chi connectivity index (χ2v) is 15.0. The summed E-state index contributed by atoms with van der Waals surface area (Å²) >= 11 is 0. The highest BCUT2D eigenvalue weighted by molar-refractivity contribution is 6.09. The van der Waals surface area contributed by atoms with Crippen molar-refractivity contribution in [3.05, 3.63) is 206 Å². The molecule has 0 spiro atoms. The van der Waals surface area contributed by atoms with Crippen molar-refractivity contribution >= 4 is 32.8 Å². The molecule has 0 aliphatic heterocycles. The summed E-state index contributed by atoms with van der Waals surface area (Å²) in [5.41, 5.74) is 13.3. The van der Waals surface area contributed by atoms with E-state index in [1.165, 1.54) is 15.7 Å². The summed E-state index contributed by atoms with van der Waals surface area (Å²) < 4.78 is 30.2. The Morgan fingerprint density at radius 3 is 1.88 bits per heavy atom. The summed E-state index contributed by atoms with van der Waals surface area (Å²) in [5, 5.41) is 2.32. The second kappa shape index (κ2) is 13.4. The van der Waals surface area contributed by atoms with Gasteiger partial charge in [0.1, 0.15) is 11.5 Å². The lowest BCUT2D eigenvalue weighted by Gasteiger charge is -2.26. The van der Waals surface area contributed by atoms with Crippen LogP contribution in [-0.2, 0) is 12.4 Å². The normalized spacial score (nSPS) is 12.9. The van der Waals surface area contributed by atoms with Crippen LogP contribution in [0.1, 0.15) is 29.1 Å². The highest BCUT2D eigenvalue weighted by atomic mass is 15.1. The molecule has 268 valence electrons. The Morgan fingerprint density at radius 2 is 1.14 bits per heavy atom. The van der Waals surface area contributed by atoms with Crippen LogP contribution in [0.3, 0.4) is 0 Å².